The third-order valence-corrected chi connectivity index (χ3v) is 4.57. The fourth-order valence-corrected chi connectivity index (χ4v) is 3.23. The van der Waals surface area contributed by atoms with E-state index in [9.17, 15) is 14.7 Å². The lowest BCUT2D eigenvalue weighted by atomic mass is 9.82. The molecule has 1 N–H and O–H groups in total. The van der Waals surface area contributed by atoms with E-state index in [1.165, 1.54) is 0 Å². The van der Waals surface area contributed by atoms with E-state index in [-0.39, 0.29) is 18.0 Å². The summed E-state index contributed by atoms with van der Waals surface area (Å²) in [5.74, 6) is -0.944. The molecule has 1 amide bonds. The molecule has 0 aromatic carbocycles. The van der Waals surface area contributed by atoms with E-state index < -0.39 is 11.4 Å². The number of rotatable bonds is 3. The number of carboxylic acid groups (broad SMARTS) is 1. The second kappa shape index (κ2) is 5.98. The summed E-state index contributed by atoms with van der Waals surface area (Å²) in [6, 6.07) is 0. The zero-order chi connectivity index (χ0) is 17.4. The number of piperidine rings is 1. The van der Waals surface area contributed by atoms with E-state index in [0.29, 0.717) is 31.4 Å². The molecule has 0 bridgehead atoms. The van der Waals surface area contributed by atoms with E-state index in [0.717, 1.165) is 5.69 Å². The Labute approximate surface area is 137 Å². The third kappa shape index (κ3) is 3.26. The molecule has 2 rings (SSSR count). The van der Waals surface area contributed by atoms with Gasteiger partial charge in [-0.05, 0) is 47.0 Å². The number of aliphatic carboxylic acids is 1. The van der Waals surface area contributed by atoms with Crippen molar-refractivity contribution in [2.24, 2.45) is 5.41 Å². The molecule has 0 spiro atoms. The molecule has 6 heteroatoms. The average Bonchev–Trinajstić information content (AvgIpc) is 2.90. The molecule has 2 heterocycles. The highest BCUT2D eigenvalue weighted by Gasteiger charge is 2.40. The van der Waals surface area contributed by atoms with Gasteiger partial charge in [-0.15, -0.1) is 0 Å². The van der Waals surface area contributed by atoms with Crippen molar-refractivity contribution < 1.29 is 14.7 Å². The van der Waals surface area contributed by atoms with E-state index in [1.54, 1.807) is 18.0 Å². The van der Waals surface area contributed by atoms with E-state index >= 15 is 0 Å². The highest BCUT2D eigenvalue weighted by Crippen LogP contribution is 2.31. The number of carboxylic acids is 1. The average molecular weight is 321 g/mol. The van der Waals surface area contributed by atoms with Crippen molar-refractivity contribution in [2.75, 3.05) is 13.1 Å². The van der Waals surface area contributed by atoms with Gasteiger partial charge in [0.15, 0.2) is 0 Å². The molecule has 0 radical (unpaired) electrons. The minimum atomic E-state index is -0.861. The molecule has 1 unspecified atom stereocenters. The van der Waals surface area contributed by atoms with Gasteiger partial charge in [0, 0.05) is 13.1 Å². The highest BCUT2D eigenvalue weighted by molar-refractivity contribution is 5.95. The molecule has 6 nitrogen and oxygen atoms in total. The van der Waals surface area contributed by atoms with Crippen LogP contribution >= 0.6 is 0 Å². The highest BCUT2D eigenvalue weighted by atomic mass is 16.4. The zero-order valence-corrected chi connectivity index (χ0v) is 14.7. The quantitative estimate of drug-likeness (QED) is 0.928. The van der Waals surface area contributed by atoms with Crippen molar-refractivity contribution in [2.45, 2.75) is 59.4 Å². The Kier molecular flexibility index (Phi) is 4.55. The molecule has 1 aliphatic heterocycles. The number of hydrogen-bond donors (Lipinski definition) is 1. The number of carbonyl (C=O) groups is 2. The molecule has 1 saturated heterocycles. The lowest BCUT2D eigenvalue weighted by Gasteiger charge is -2.37. The van der Waals surface area contributed by atoms with Gasteiger partial charge in [0.1, 0.15) is 0 Å². The summed E-state index contributed by atoms with van der Waals surface area (Å²) in [6.45, 7) is 10.7. The first-order chi connectivity index (χ1) is 10.6. The molecule has 1 aliphatic rings. The Balaban J connectivity index is 2.31. The largest absolute Gasteiger partial charge is 0.481 e. The molecule has 1 aromatic rings. The first-order valence-electron chi connectivity index (χ1n) is 8.20. The van der Waals surface area contributed by atoms with Gasteiger partial charge in [-0.25, -0.2) is 0 Å². The second-order valence-corrected chi connectivity index (χ2v) is 7.64. The van der Waals surface area contributed by atoms with Gasteiger partial charge in [0.05, 0.1) is 28.4 Å². The smallest absolute Gasteiger partial charge is 0.311 e. The monoisotopic (exact) mass is 321 g/mol. The summed E-state index contributed by atoms with van der Waals surface area (Å²) in [5.41, 5.74) is 0.448. The summed E-state index contributed by atoms with van der Waals surface area (Å²) in [5, 5.41) is 13.8. The summed E-state index contributed by atoms with van der Waals surface area (Å²) < 4.78 is 1.89. The standard InChI is InChI=1S/C17H27N3O3/c1-6-13-12(10-18-20(13)16(2,3)4)14(21)19-9-7-8-17(5,11-19)15(22)23/h10H,6-9,11H2,1-5H3,(H,22,23). The lowest BCUT2D eigenvalue weighted by Crippen LogP contribution is -2.48. The van der Waals surface area contributed by atoms with Gasteiger partial charge in [0.2, 0.25) is 0 Å². The Morgan fingerprint density at radius 3 is 2.57 bits per heavy atom. The fraction of sp³-hybridized carbons (Fsp3) is 0.706. The molecule has 0 aliphatic carbocycles. The van der Waals surface area contributed by atoms with Gasteiger partial charge in [-0.2, -0.15) is 5.10 Å². The van der Waals surface area contributed by atoms with E-state index in [2.05, 4.69) is 25.9 Å². The Bertz CT molecular complexity index is 615. The molecule has 1 fully saturated rings. The van der Waals surface area contributed by atoms with Gasteiger partial charge < -0.3 is 10.0 Å². The maximum atomic E-state index is 12.9. The van der Waals surface area contributed by atoms with Crippen LogP contribution in [-0.2, 0) is 16.8 Å². The number of carbonyl (C=O) groups excluding carboxylic acids is 1. The van der Waals surface area contributed by atoms with Crippen molar-refractivity contribution in [3.8, 4) is 0 Å². The summed E-state index contributed by atoms with van der Waals surface area (Å²) in [4.78, 5) is 26.1. The van der Waals surface area contributed by atoms with Crippen LogP contribution in [0.2, 0.25) is 0 Å². The summed E-state index contributed by atoms with van der Waals surface area (Å²) in [6.07, 6.45) is 3.65. The van der Waals surface area contributed by atoms with Crippen LogP contribution in [0.3, 0.4) is 0 Å². The first-order valence-corrected chi connectivity index (χ1v) is 8.20. The van der Waals surface area contributed by atoms with Gasteiger partial charge in [-0.1, -0.05) is 6.92 Å². The van der Waals surface area contributed by atoms with Crippen LogP contribution in [0.25, 0.3) is 0 Å². The van der Waals surface area contributed by atoms with Crippen LogP contribution < -0.4 is 0 Å². The summed E-state index contributed by atoms with van der Waals surface area (Å²) >= 11 is 0. The van der Waals surface area contributed by atoms with Crippen molar-refractivity contribution in [3.63, 3.8) is 0 Å². The first kappa shape index (κ1) is 17.5. The number of likely N-dealkylation sites (tertiary alicyclic amines) is 1. The number of aromatic nitrogens is 2. The molecular weight excluding hydrogens is 294 g/mol. The van der Waals surface area contributed by atoms with Crippen LogP contribution in [0.4, 0.5) is 0 Å². The number of nitrogens with zero attached hydrogens (tertiary/aromatic N) is 3. The Hall–Kier alpha value is -1.85. The fourth-order valence-electron chi connectivity index (χ4n) is 3.23. The van der Waals surface area contributed by atoms with Crippen molar-refractivity contribution in [1.82, 2.24) is 14.7 Å². The van der Waals surface area contributed by atoms with Crippen molar-refractivity contribution >= 4 is 11.9 Å². The molecule has 23 heavy (non-hydrogen) atoms. The van der Waals surface area contributed by atoms with Crippen LogP contribution in [0.15, 0.2) is 6.20 Å². The predicted molar refractivity (Wildman–Crippen MR) is 87.5 cm³/mol. The van der Waals surface area contributed by atoms with Crippen LogP contribution in [0.1, 0.15) is 63.5 Å². The minimum Gasteiger partial charge on any atom is -0.481 e. The molecule has 1 atom stereocenters. The summed E-state index contributed by atoms with van der Waals surface area (Å²) in [7, 11) is 0. The zero-order valence-electron chi connectivity index (χ0n) is 14.7. The normalized spacial score (nSPS) is 22.2. The number of hydrogen-bond acceptors (Lipinski definition) is 3. The topological polar surface area (TPSA) is 75.4 Å². The number of amides is 1. The van der Waals surface area contributed by atoms with Gasteiger partial charge >= 0.3 is 5.97 Å². The van der Waals surface area contributed by atoms with Crippen LogP contribution in [0, 0.1) is 5.41 Å². The molecule has 128 valence electrons. The molecule has 0 saturated carbocycles. The second-order valence-electron chi connectivity index (χ2n) is 7.64. The lowest BCUT2D eigenvalue weighted by molar-refractivity contribution is -0.150. The SMILES string of the molecule is CCc1c(C(=O)N2CCCC(C)(C(=O)O)C2)cnn1C(C)(C)C. The Morgan fingerprint density at radius 2 is 2.04 bits per heavy atom. The third-order valence-electron chi connectivity index (χ3n) is 4.57. The van der Waals surface area contributed by atoms with Crippen LogP contribution in [0.5, 0.6) is 0 Å². The van der Waals surface area contributed by atoms with E-state index in [1.807, 2.05) is 11.6 Å². The molecule has 1 aromatic heterocycles. The van der Waals surface area contributed by atoms with Crippen LogP contribution in [-0.4, -0.2) is 44.8 Å². The van der Waals surface area contributed by atoms with Crippen molar-refractivity contribution in [3.05, 3.63) is 17.5 Å². The maximum Gasteiger partial charge on any atom is 0.311 e. The molecular formula is C17H27N3O3. The van der Waals surface area contributed by atoms with Gasteiger partial charge in [-0.3, -0.25) is 14.3 Å². The van der Waals surface area contributed by atoms with Gasteiger partial charge in [0.25, 0.3) is 5.91 Å². The Morgan fingerprint density at radius 1 is 1.39 bits per heavy atom. The predicted octanol–water partition coefficient (Wildman–Crippen LogP) is 2.53. The minimum absolute atomic E-state index is 0.107. The van der Waals surface area contributed by atoms with Crippen molar-refractivity contribution in [1.29, 1.82) is 0 Å². The maximum absolute atomic E-state index is 12.9. The van der Waals surface area contributed by atoms with E-state index in [4.69, 9.17) is 0 Å².